The summed E-state index contributed by atoms with van der Waals surface area (Å²) in [5.41, 5.74) is 1.13. The Kier molecular flexibility index (Phi) is 3.26. The van der Waals surface area contributed by atoms with Crippen molar-refractivity contribution in [2.45, 2.75) is 6.54 Å². The zero-order chi connectivity index (χ0) is 13.9. The number of hydrogen-bond donors (Lipinski definition) is 2. The molecule has 100 valence electrons. The molecule has 2 aromatic heterocycles. The monoisotopic (exact) mass is 288 g/mol. The predicted octanol–water partition coefficient (Wildman–Crippen LogP) is 1.33. The molecule has 2 heterocycles. The molecule has 0 aliphatic rings. The highest BCUT2D eigenvalue weighted by atomic mass is 35.5. The molecule has 2 N–H and O–H groups in total. The van der Waals surface area contributed by atoms with Gasteiger partial charge in [-0.3, -0.25) is 4.79 Å². The molecule has 3 aromatic rings. The van der Waals surface area contributed by atoms with Gasteiger partial charge in [-0.25, -0.2) is 4.98 Å². The summed E-state index contributed by atoms with van der Waals surface area (Å²) >= 11 is 5.94. The van der Waals surface area contributed by atoms with E-state index in [1.807, 2.05) is 18.2 Å². The van der Waals surface area contributed by atoms with Crippen molar-refractivity contribution in [2.24, 2.45) is 0 Å². The van der Waals surface area contributed by atoms with E-state index in [0.29, 0.717) is 16.9 Å². The Labute approximate surface area is 118 Å². The van der Waals surface area contributed by atoms with Gasteiger partial charge in [0.1, 0.15) is 5.15 Å². The molecule has 0 unspecified atom stereocenters. The molecule has 0 fully saturated rings. The summed E-state index contributed by atoms with van der Waals surface area (Å²) in [7, 11) is 0. The number of aromatic nitrogens is 5. The fourth-order valence-electron chi connectivity index (χ4n) is 1.84. The molecule has 0 aliphatic heterocycles. The summed E-state index contributed by atoms with van der Waals surface area (Å²) in [6.07, 6.45) is 0. The number of amides is 1. The average Bonchev–Trinajstić information content (AvgIpc) is 2.97. The number of fused-ring (bicyclic) bond motifs is 1. The molecule has 0 saturated carbocycles. The lowest BCUT2D eigenvalue weighted by Gasteiger charge is -2.07. The number of aromatic amines is 1. The number of nitrogens with zero attached hydrogens (tertiary/aromatic N) is 4. The largest absolute Gasteiger partial charge is 0.345 e. The lowest BCUT2D eigenvalue weighted by Crippen LogP contribution is -2.23. The Bertz CT molecular complexity index is 758. The van der Waals surface area contributed by atoms with Gasteiger partial charge in [-0.1, -0.05) is 35.0 Å². The molecule has 8 heteroatoms. The number of carbonyl (C=O) groups excluding carboxylic acids is 1. The second-order valence-corrected chi connectivity index (χ2v) is 4.41. The van der Waals surface area contributed by atoms with Crippen LogP contribution >= 0.6 is 11.6 Å². The number of tetrazole rings is 1. The first-order valence-electron chi connectivity index (χ1n) is 5.80. The van der Waals surface area contributed by atoms with E-state index >= 15 is 0 Å². The minimum Gasteiger partial charge on any atom is -0.345 e. The Balaban J connectivity index is 1.90. The van der Waals surface area contributed by atoms with Crippen LogP contribution in [0.2, 0.25) is 5.15 Å². The highest BCUT2D eigenvalue weighted by Gasteiger charge is 2.12. The molecule has 20 heavy (non-hydrogen) atoms. The molecule has 0 radical (unpaired) electrons. The third-order valence-electron chi connectivity index (χ3n) is 2.73. The summed E-state index contributed by atoms with van der Waals surface area (Å²) < 4.78 is 0. The van der Waals surface area contributed by atoms with Gasteiger partial charge in [-0.05, 0) is 12.1 Å². The Morgan fingerprint density at radius 1 is 1.35 bits per heavy atom. The maximum Gasteiger partial charge on any atom is 0.252 e. The lowest BCUT2D eigenvalue weighted by atomic mass is 10.1. The van der Waals surface area contributed by atoms with Gasteiger partial charge in [-0.2, -0.15) is 5.21 Å². The highest BCUT2D eigenvalue weighted by molar-refractivity contribution is 6.30. The first-order valence-corrected chi connectivity index (χ1v) is 6.17. The standard InChI is InChI=1S/C12H9ClN6O/c13-10-5-8(7-3-1-2-4-9(7)15-10)12(20)14-6-11-16-18-19-17-11/h1-5H,6H2,(H,14,20)(H,16,17,18,19). The van der Waals surface area contributed by atoms with Gasteiger partial charge in [0.25, 0.3) is 5.91 Å². The smallest absolute Gasteiger partial charge is 0.252 e. The normalized spacial score (nSPS) is 10.7. The third kappa shape index (κ3) is 2.43. The lowest BCUT2D eigenvalue weighted by molar-refractivity contribution is 0.0951. The van der Waals surface area contributed by atoms with Gasteiger partial charge in [-0.15, -0.1) is 10.2 Å². The molecule has 0 aliphatic carbocycles. The zero-order valence-corrected chi connectivity index (χ0v) is 10.9. The molecule has 3 rings (SSSR count). The summed E-state index contributed by atoms with van der Waals surface area (Å²) in [6, 6.07) is 8.84. The van der Waals surface area contributed by atoms with E-state index in [2.05, 4.69) is 30.9 Å². The van der Waals surface area contributed by atoms with Gasteiger partial charge in [0.15, 0.2) is 5.82 Å². The van der Waals surface area contributed by atoms with E-state index in [-0.39, 0.29) is 17.6 Å². The van der Waals surface area contributed by atoms with Crippen LogP contribution in [0.1, 0.15) is 16.2 Å². The number of halogens is 1. The summed E-state index contributed by atoms with van der Waals surface area (Å²) in [5, 5.41) is 17.0. The fourth-order valence-corrected chi connectivity index (χ4v) is 2.04. The van der Waals surface area contributed by atoms with Crippen LogP contribution in [-0.2, 0) is 6.54 Å². The second-order valence-electron chi connectivity index (χ2n) is 4.02. The van der Waals surface area contributed by atoms with Gasteiger partial charge in [0.2, 0.25) is 0 Å². The topological polar surface area (TPSA) is 96.5 Å². The molecule has 0 saturated heterocycles. The Morgan fingerprint density at radius 2 is 2.20 bits per heavy atom. The zero-order valence-electron chi connectivity index (χ0n) is 10.2. The van der Waals surface area contributed by atoms with Crippen molar-refractivity contribution in [3.05, 3.63) is 46.9 Å². The summed E-state index contributed by atoms with van der Waals surface area (Å²) in [4.78, 5) is 16.4. The number of pyridine rings is 1. The third-order valence-corrected chi connectivity index (χ3v) is 2.92. The number of benzene rings is 1. The summed E-state index contributed by atoms with van der Waals surface area (Å²) in [6.45, 7) is 0.184. The minimum atomic E-state index is -0.268. The average molecular weight is 289 g/mol. The molecule has 7 nitrogen and oxygen atoms in total. The minimum absolute atomic E-state index is 0.184. The quantitative estimate of drug-likeness (QED) is 0.709. The van der Waals surface area contributed by atoms with Crippen LogP contribution in [0.4, 0.5) is 0 Å². The van der Waals surface area contributed by atoms with Crippen LogP contribution in [0.3, 0.4) is 0 Å². The molecule has 0 bridgehead atoms. The number of hydrogen-bond acceptors (Lipinski definition) is 5. The van der Waals surface area contributed by atoms with Crippen LogP contribution in [-0.4, -0.2) is 31.5 Å². The molecule has 0 spiro atoms. The highest BCUT2D eigenvalue weighted by Crippen LogP contribution is 2.20. The van der Waals surface area contributed by atoms with Gasteiger partial charge in [0.05, 0.1) is 17.6 Å². The van der Waals surface area contributed by atoms with E-state index in [1.54, 1.807) is 6.07 Å². The first-order chi connectivity index (χ1) is 9.74. The van der Waals surface area contributed by atoms with Gasteiger partial charge < -0.3 is 5.32 Å². The molecule has 1 aromatic carbocycles. The number of carbonyl (C=O) groups is 1. The number of nitrogens with one attached hydrogen (secondary N) is 2. The van der Waals surface area contributed by atoms with Crippen molar-refractivity contribution < 1.29 is 4.79 Å². The molecule has 1 amide bonds. The molecule has 0 atom stereocenters. The second kappa shape index (κ2) is 5.22. The van der Waals surface area contributed by atoms with Crippen molar-refractivity contribution in [3.63, 3.8) is 0 Å². The maximum atomic E-state index is 12.2. The number of para-hydroxylation sites is 1. The van der Waals surface area contributed by atoms with Crippen LogP contribution < -0.4 is 5.32 Å². The van der Waals surface area contributed by atoms with Crippen molar-refractivity contribution in [1.29, 1.82) is 0 Å². The Morgan fingerprint density at radius 3 is 3.00 bits per heavy atom. The number of rotatable bonds is 3. The van der Waals surface area contributed by atoms with Crippen molar-refractivity contribution >= 4 is 28.4 Å². The van der Waals surface area contributed by atoms with Crippen molar-refractivity contribution in [2.75, 3.05) is 0 Å². The van der Waals surface area contributed by atoms with Gasteiger partial charge >= 0.3 is 0 Å². The van der Waals surface area contributed by atoms with Crippen molar-refractivity contribution in [3.8, 4) is 0 Å². The van der Waals surface area contributed by atoms with E-state index in [1.165, 1.54) is 6.07 Å². The van der Waals surface area contributed by atoms with Crippen LogP contribution in [0.5, 0.6) is 0 Å². The maximum absolute atomic E-state index is 12.2. The van der Waals surface area contributed by atoms with E-state index < -0.39 is 0 Å². The van der Waals surface area contributed by atoms with Crippen LogP contribution in [0.25, 0.3) is 10.9 Å². The van der Waals surface area contributed by atoms with E-state index in [4.69, 9.17) is 11.6 Å². The van der Waals surface area contributed by atoms with E-state index in [9.17, 15) is 4.79 Å². The summed E-state index contributed by atoms with van der Waals surface area (Å²) in [5.74, 6) is 0.137. The first kappa shape index (κ1) is 12.5. The predicted molar refractivity (Wildman–Crippen MR) is 72.1 cm³/mol. The number of H-pyrrole nitrogens is 1. The Hall–Kier alpha value is -2.54. The molecular weight excluding hydrogens is 280 g/mol. The van der Waals surface area contributed by atoms with Crippen LogP contribution in [0.15, 0.2) is 30.3 Å². The fraction of sp³-hybridized carbons (Fsp3) is 0.0833. The van der Waals surface area contributed by atoms with Crippen molar-refractivity contribution in [1.82, 2.24) is 30.9 Å². The van der Waals surface area contributed by atoms with Gasteiger partial charge in [0, 0.05) is 5.39 Å². The van der Waals surface area contributed by atoms with E-state index in [0.717, 1.165) is 5.39 Å². The molecular formula is C12H9ClN6O. The van der Waals surface area contributed by atoms with Crippen LogP contribution in [0, 0.1) is 0 Å². The SMILES string of the molecule is O=C(NCc1nn[nH]n1)c1cc(Cl)nc2ccccc12.